The monoisotopic (exact) mass is 180 g/mol. The van der Waals surface area contributed by atoms with E-state index in [1.807, 2.05) is 20.8 Å². The molecule has 1 rings (SSSR count). The molecule has 0 amide bonds. The maximum absolute atomic E-state index is 11.7. The predicted octanol–water partition coefficient (Wildman–Crippen LogP) is 2.14. The van der Waals surface area contributed by atoms with Gasteiger partial charge in [0.1, 0.15) is 0 Å². The highest BCUT2D eigenvalue weighted by Gasteiger charge is 2.29. The lowest BCUT2D eigenvalue weighted by Gasteiger charge is -2.24. The van der Waals surface area contributed by atoms with Gasteiger partial charge in [-0.05, 0) is 25.7 Å². The van der Waals surface area contributed by atoms with Gasteiger partial charge in [-0.2, -0.15) is 0 Å². The standard InChI is InChI=1S/C11H16O2/c1-7(2)9-5-4-8(3)10(6-12)11(9)13/h6-7,9H,4-5H2,1-3H3/t9-/m1/s1. The van der Waals surface area contributed by atoms with Gasteiger partial charge < -0.3 is 0 Å². The van der Waals surface area contributed by atoms with Crippen LogP contribution in [0.1, 0.15) is 33.6 Å². The first-order valence-electron chi connectivity index (χ1n) is 4.77. The van der Waals surface area contributed by atoms with Crippen LogP contribution < -0.4 is 0 Å². The number of carbonyl (C=O) groups excluding carboxylic acids is 2. The van der Waals surface area contributed by atoms with E-state index >= 15 is 0 Å². The summed E-state index contributed by atoms with van der Waals surface area (Å²) in [5, 5.41) is 0. The van der Waals surface area contributed by atoms with Crippen molar-refractivity contribution in [2.24, 2.45) is 11.8 Å². The lowest BCUT2D eigenvalue weighted by Crippen LogP contribution is -2.27. The van der Waals surface area contributed by atoms with Crippen LogP contribution in [0.15, 0.2) is 11.1 Å². The summed E-state index contributed by atoms with van der Waals surface area (Å²) in [5.41, 5.74) is 1.38. The minimum atomic E-state index is 0.0498. The van der Waals surface area contributed by atoms with Crippen molar-refractivity contribution >= 4 is 12.1 Å². The average molecular weight is 180 g/mol. The van der Waals surface area contributed by atoms with Gasteiger partial charge in [0.15, 0.2) is 12.1 Å². The molecule has 0 radical (unpaired) electrons. The van der Waals surface area contributed by atoms with Crippen molar-refractivity contribution in [3.63, 3.8) is 0 Å². The number of allylic oxidation sites excluding steroid dienone is 2. The molecule has 0 heterocycles. The number of hydrogen-bond donors (Lipinski definition) is 0. The lowest BCUT2D eigenvalue weighted by molar-refractivity contribution is -0.122. The molecule has 0 aliphatic heterocycles. The number of hydrogen-bond acceptors (Lipinski definition) is 2. The van der Waals surface area contributed by atoms with E-state index < -0.39 is 0 Å². The highest BCUT2D eigenvalue weighted by Crippen LogP contribution is 2.29. The Kier molecular flexibility index (Phi) is 3.02. The quantitative estimate of drug-likeness (QED) is 0.482. The number of aldehydes is 1. The summed E-state index contributed by atoms with van der Waals surface area (Å²) in [4.78, 5) is 22.4. The fraction of sp³-hybridized carbons (Fsp3) is 0.636. The molecule has 0 unspecified atom stereocenters. The minimum Gasteiger partial charge on any atom is -0.298 e. The Morgan fingerprint density at radius 2 is 2.08 bits per heavy atom. The van der Waals surface area contributed by atoms with Gasteiger partial charge in [-0.25, -0.2) is 0 Å². The highest BCUT2D eigenvalue weighted by atomic mass is 16.1. The summed E-state index contributed by atoms with van der Waals surface area (Å²) in [6.45, 7) is 5.94. The van der Waals surface area contributed by atoms with Crippen molar-refractivity contribution in [1.29, 1.82) is 0 Å². The molecule has 72 valence electrons. The molecular weight excluding hydrogens is 164 g/mol. The van der Waals surface area contributed by atoms with E-state index in [2.05, 4.69) is 0 Å². The molecule has 0 aromatic carbocycles. The van der Waals surface area contributed by atoms with Crippen LogP contribution in [0.4, 0.5) is 0 Å². The van der Waals surface area contributed by atoms with E-state index in [4.69, 9.17) is 0 Å². The zero-order valence-electron chi connectivity index (χ0n) is 8.46. The molecule has 0 aromatic rings. The number of Topliss-reactive ketones (excluding diaryl/α,β-unsaturated/α-hetero) is 1. The Morgan fingerprint density at radius 1 is 1.46 bits per heavy atom. The molecule has 1 aliphatic carbocycles. The fourth-order valence-corrected chi connectivity index (χ4v) is 1.84. The molecule has 0 N–H and O–H groups in total. The van der Waals surface area contributed by atoms with Gasteiger partial charge in [-0.3, -0.25) is 9.59 Å². The summed E-state index contributed by atoms with van der Waals surface area (Å²) >= 11 is 0. The SMILES string of the molecule is CC1=C(C=O)C(=O)[C@@H](C(C)C)CC1. The first-order chi connectivity index (χ1) is 6.07. The second-order valence-corrected chi connectivity index (χ2v) is 4.07. The first kappa shape index (κ1) is 10.2. The van der Waals surface area contributed by atoms with Crippen LogP contribution >= 0.6 is 0 Å². The number of rotatable bonds is 2. The lowest BCUT2D eigenvalue weighted by atomic mass is 9.78. The van der Waals surface area contributed by atoms with E-state index in [0.717, 1.165) is 18.4 Å². The van der Waals surface area contributed by atoms with E-state index in [0.29, 0.717) is 17.8 Å². The molecule has 0 spiro atoms. The minimum absolute atomic E-state index is 0.0498. The molecule has 0 saturated carbocycles. The van der Waals surface area contributed by atoms with Gasteiger partial charge in [0, 0.05) is 5.92 Å². The molecule has 1 atom stereocenters. The summed E-state index contributed by atoms with van der Waals surface area (Å²) in [7, 11) is 0. The molecule has 0 saturated heterocycles. The van der Waals surface area contributed by atoms with E-state index in [1.54, 1.807) is 0 Å². The molecule has 2 nitrogen and oxygen atoms in total. The number of ketones is 1. The Labute approximate surface area is 79.0 Å². The van der Waals surface area contributed by atoms with Gasteiger partial charge in [0.2, 0.25) is 0 Å². The van der Waals surface area contributed by atoms with Crippen LogP contribution in [0.2, 0.25) is 0 Å². The topological polar surface area (TPSA) is 34.1 Å². The van der Waals surface area contributed by atoms with Crippen molar-refractivity contribution in [3.05, 3.63) is 11.1 Å². The summed E-state index contributed by atoms with van der Waals surface area (Å²) < 4.78 is 0. The van der Waals surface area contributed by atoms with Crippen molar-refractivity contribution < 1.29 is 9.59 Å². The molecule has 1 aliphatic rings. The molecule has 0 bridgehead atoms. The van der Waals surface area contributed by atoms with E-state index in [9.17, 15) is 9.59 Å². The van der Waals surface area contributed by atoms with E-state index in [-0.39, 0.29) is 11.7 Å². The van der Waals surface area contributed by atoms with E-state index in [1.165, 1.54) is 0 Å². The Bertz CT molecular complexity index is 261. The maximum atomic E-state index is 11.7. The van der Waals surface area contributed by atoms with Gasteiger partial charge in [-0.1, -0.05) is 19.4 Å². The Balaban J connectivity index is 2.94. The van der Waals surface area contributed by atoms with Crippen molar-refractivity contribution in [2.75, 3.05) is 0 Å². The van der Waals surface area contributed by atoms with Gasteiger partial charge >= 0.3 is 0 Å². The zero-order valence-corrected chi connectivity index (χ0v) is 8.46. The Hall–Kier alpha value is -0.920. The fourth-order valence-electron chi connectivity index (χ4n) is 1.84. The molecule has 13 heavy (non-hydrogen) atoms. The van der Waals surface area contributed by atoms with Gasteiger partial charge in [-0.15, -0.1) is 0 Å². The normalized spacial score (nSPS) is 24.0. The molecular formula is C11H16O2. The van der Waals surface area contributed by atoms with Gasteiger partial charge in [0.05, 0.1) is 5.57 Å². The van der Waals surface area contributed by atoms with Crippen molar-refractivity contribution in [2.45, 2.75) is 33.6 Å². The molecule has 2 heteroatoms. The van der Waals surface area contributed by atoms with Crippen LogP contribution in [-0.2, 0) is 9.59 Å². The smallest absolute Gasteiger partial charge is 0.169 e. The summed E-state index contributed by atoms with van der Waals surface area (Å²) in [6, 6.07) is 0. The Morgan fingerprint density at radius 3 is 2.54 bits per heavy atom. The van der Waals surface area contributed by atoms with Crippen LogP contribution in [0.3, 0.4) is 0 Å². The largest absolute Gasteiger partial charge is 0.298 e. The molecule has 0 fully saturated rings. The second-order valence-electron chi connectivity index (χ2n) is 4.07. The third kappa shape index (κ3) is 1.87. The van der Waals surface area contributed by atoms with Crippen LogP contribution in [-0.4, -0.2) is 12.1 Å². The summed E-state index contributed by atoms with van der Waals surface area (Å²) in [6.07, 6.45) is 2.51. The third-order valence-electron chi connectivity index (χ3n) is 2.81. The van der Waals surface area contributed by atoms with Crippen LogP contribution in [0.5, 0.6) is 0 Å². The number of carbonyl (C=O) groups is 2. The van der Waals surface area contributed by atoms with Crippen molar-refractivity contribution in [3.8, 4) is 0 Å². The van der Waals surface area contributed by atoms with Crippen molar-refractivity contribution in [1.82, 2.24) is 0 Å². The van der Waals surface area contributed by atoms with Gasteiger partial charge in [0.25, 0.3) is 0 Å². The summed E-state index contributed by atoms with van der Waals surface area (Å²) in [5.74, 6) is 0.452. The molecule has 0 aromatic heterocycles. The predicted molar refractivity (Wildman–Crippen MR) is 51.3 cm³/mol. The van der Waals surface area contributed by atoms with Crippen LogP contribution in [0.25, 0.3) is 0 Å². The third-order valence-corrected chi connectivity index (χ3v) is 2.81. The second kappa shape index (κ2) is 3.86. The average Bonchev–Trinajstić information content (AvgIpc) is 2.04. The zero-order chi connectivity index (χ0) is 10.0. The van der Waals surface area contributed by atoms with Crippen LogP contribution in [0, 0.1) is 11.8 Å². The highest BCUT2D eigenvalue weighted by molar-refractivity contribution is 6.14. The first-order valence-corrected chi connectivity index (χ1v) is 4.77. The maximum Gasteiger partial charge on any atom is 0.169 e.